The Morgan fingerprint density at radius 1 is 1.29 bits per heavy atom. The van der Waals surface area contributed by atoms with E-state index in [2.05, 4.69) is 17.2 Å². The maximum Gasteiger partial charge on any atom is 0.226 e. The van der Waals surface area contributed by atoms with Crippen LogP contribution in [0.5, 0.6) is 0 Å². The van der Waals surface area contributed by atoms with Crippen molar-refractivity contribution in [1.29, 1.82) is 0 Å². The number of oxazole rings is 1. The lowest BCUT2D eigenvalue weighted by Crippen LogP contribution is -2.43. The molecule has 4 heteroatoms. The summed E-state index contributed by atoms with van der Waals surface area (Å²) in [6.45, 7) is 7.91. The van der Waals surface area contributed by atoms with E-state index in [9.17, 15) is 4.79 Å². The van der Waals surface area contributed by atoms with Crippen LogP contribution in [-0.2, 0) is 11.2 Å². The minimum atomic E-state index is -0.197. The lowest BCUT2D eigenvalue weighted by atomic mass is 10.0. The number of amides is 1. The summed E-state index contributed by atoms with van der Waals surface area (Å²) in [4.78, 5) is 16.5. The molecule has 2 aromatic rings. The number of nitrogens with zero attached hydrogens (tertiary/aromatic N) is 1. The van der Waals surface area contributed by atoms with Crippen molar-refractivity contribution in [2.75, 3.05) is 0 Å². The van der Waals surface area contributed by atoms with Crippen molar-refractivity contribution in [2.24, 2.45) is 0 Å². The smallest absolute Gasteiger partial charge is 0.226 e. The Kier molecular flexibility index (Phi) is 4.46. The summed E-state index contributed by atoms with van der Waals surface area (Å²) in [7, 11) is 0. The average molecular weight is 286 g/mol. The second-order valence-electron chi connectivity index (χ2n) is 5.85. The third-order valence-corrected chi connectivity index (χ3v) is 3.60. The topological polar surface area (TPSA) is 55.1 Å². The predicted octanol–water partition coefficient (Wildman–Crippen LogP) is 3.50. The zero-order chi connectivity index (χ0) is 15.5. The second kappa shape index (κ2) is 6.12. The molecule has 0 saturated heterocycles. The number of carbonyl (C=O) groups is 1. The van der Waals surface area contributed by atoms with Gasteiger partial charge < -0.3 is 9.73 Å². The summed E-state index contributed by atoms with van der Waals surface area (Å²) in [5, 5.41) is 3.01. The molecule has 1 aromatic heterocycles. The van der Waals surface area contributed by atoms with Gasteiger partial charge in [-0.3, -0.25) is 4.79 Å². The number of carbonyl (C=O) groups excluding carboxylic acids is 1. The summed E-state index contributed by atoms with van der Waals surface area (Å²) in [6.07, 6.45) is 1.12. The normalized spacial score (nSPS) is 11.4. The van der Waals surface area contributed by atoms with Gasteiger partial charge in [-0.05, 0) is 39.3 Å². The third kappa shape index (κ3) is 3.94. The molecule has 4 nitrogen and oxygen atoms in total. The highest BCUT2D eigenvalue weighted by Gasteiger charge is 2.20. The van der Waals surface area contributed by atoms with Crippen molar-refractivity contribution in [3.63, 3.8) is 0 Å². The van der Waals surface area contributed by atoms with E-state index in [1.54, 1.807) is 0 Å². The molecule has 0 aliphatic rings. The van der Waals surface area contributed by atoms with Crippen LogP contribution >= 0.6 is 0 Å². The molecular weight excluding hydrogens is 264 g/mol. The van der Waals surface area contributed by atoms with Gasteiger partial charge in [-0.25, -0.2) is 4.98 Å². The first-order valence-electron chi connectivity index (χ1n) is 7.24. The van der Waals surface area contributed by atoms with Crippen LogP contribution in [0, 0.1) is 6.92 Å². The fraction of sp³-hybridized carbons (Fsp3) is 0.412. The van der Waals surface area contributed by atoms with E-state index in [-0.39, 0.29) is 17.9 Å². The fourth-order valence-corrected chi connectivity index (χ4v) is 1.96. The van der Waals surface area contributed by atoms with E-state index in [0.29, 0.717) is 17.3 Å². The molecule has 0 spiro atoms. The predicted molar refractivity (Wildman–Crippen MR) is 82.9 cm³/mol. The maximum absolute atomic E-state index is 12.1. The summed E-state index contributed by atoms with van der Waals surface area (Å²) in [6, 6.07) is 9.70. The van der Waals surface area contributed by atoms with Crippen LogP contribution in [0.1, 0.15) is 38.6 Å². The van der Waals surface area contributed by atoms with Gasteiger partial charge in [0.15, 0.2) is 0 Å². The Hall–Kier alpha value is -2.10. The summed E-state index contributed by atoms with van der Waals surface area (Å²) >= 11 is 0. The summed E-state index contributed by atoms with van der Waals surface area (Å²) in [5.74, 6) is 1.22. The number of benzene rings is 1. The first-order valence-corrected chi connectivity index (χ1v) is 7.24. The van der Waals surface area contributed by atoms with E-state index in [0.717, 1.165) is 12.0 Å². The molecule has 0 aliphatic carbocycles. The Morgan fingerprint density at radius 3 is 2.57 bits per heavy atom. The summed E-state index contributed by atoms with van der Waals surface area (Å²) in [5.41, 5.74) is 1.41. The molecule has 0 aliphatic heterocycles. The van der Waals surface area contributed by atoms with Crippen LogP contribution < -0.4 is 5.32 Å². The molecule has 112 valence electrons. The van der Waals surface area contributed by atoms with Crippen LogP contribution in [-0.4, -0.2) is 16.4 Å². The van der Waals surface area contributed by atoms with Crippen LogP contribution in [0.3, 0.4) is 0 Å². The Bertz CT molecular complexity index is 615. The maximum atomic E-state index is 12.1. The highest BCUT2D eigenvalue weighted by Crippen LogP contribution is 2.21. The van der Waals surface area contributed by atoms with Gasteiger partial charge in [-0.15, -0.1) is 0 Å². The van der Waals surface area contributed by atoms with Crippen LogP contribution in [0.4, 0.5) is 0 Å². The lowest BCUT2D eigenvalue weighted by Gasteiger charge is -2.24. The second-order valence-corrected chi connectivity index (χ2v) is 5.85. The van der Waals surface area contributed by atoms with Crippen molar-refractivity contribution in [2.45, 2.75) is 46.1 Å². The molecule has 0 unspecified atom stereocenters. The molecule has 0 radical (unpaired) electrons. The Morgan fingerprint density at radius 2 is 1.95 bits per heavy atom. The number of rotatable bonds is 5. The molecule has 21 heavy (non-hydrogen) atoms. The molecule has 0 bridgehead atoms. The number of aromatic nitrogens is 1. The molecule has 1 N–H and O–H groups in total. The average Bonchev–Trinajstić information content (AvgIpc) is 2.80. The molecule has 0 fully saturated rings. The van der Waals surface area contributed by atoms with Crippen molar-refractivity contribution < 1.29 is 9.21 Å². The Labute approximate surface area is 125 Å². The number of aryl methyl sites for hydroxylation is 1. The van der Waals surface area contributed by atoms with Crippen molar-refractivity contribution in [1.82, 2.24) is 10.3 Å². The van der Waals surface area contributed by atoms with E-state index < -0.39 is 0 Å². The van der Waals surface area contributed by atoms with Gasteiger partial charge in [0.1, 0.15) is 5.76 Å². The first-order chi connectivity index (χ1) is 9.91. The minimum Gasteiger partial charge on any atom is -0.441 e. The minimum absolute atomic E-state index is 0.0298. The molecule has 2 rings (SSSR count). The van der Waals surface area contributed by atoms with Crippen molar-refractivity contribution in [3.8, 4) is 11.5 Å². The van der Waals surface area contributed by atoms with E-state index in [1.165, 1.54) is 0 Å². The van der Waals surface area contributed by atoms with E-state index >= 15 is 0 Å². The largest absolute Gasteiger partial charge is 0.441 e. The van der Waals surface area contributed by atoms with E-state index in [4.69, 9.17) is 4.42 Å². The molecule has 0 saturated carbocycles. The molecular formula is C17H22N2O2. The molecule has 1 amide bonds. The number of hydrogen-bond acceptors (Lipinski definition) is 3. The molecule has 1 aromatic carbocycles. The first kappa shape index (κ1) is 15.3. The van der Waals surface area contributed by atoms with Gasteiger partial charge in [0.25, 0.3) is 0 Å². The van der Waals surface area contributed by atoms with Gasteiger partial charge in [-0.1, -0.05) is 25.1 Å². The zero-order valence-electron chi connectivity index (χ0n) is 13.1. The highest BCUT2D eigenvalue weighted by molar-refractivity contribution is 5.79. The van der Waals surface area contributed by atoms with Gasteiger partial charge in [-0.2, -0.15) is 0 Å². The fourth-order valence-electron chi connectivity index (χ4n) is 1.96. The molecule has 1 heterocycles. The highest BCUT2D eigenvalue weighted by atomic mass is 16.4. The van der Waals surface area contributed by atoms with Gasteiger partial charge in [0, 0.05) is 11.1 Å². The van der Waals surface area contributed by atoms with Crippen molar-refractivity contribution >= 4 is 5.91 Å². The standard InChI is InChI=1S/C17H22N2O2/c1-5-17(3,4)19-15(20)11-14-12(2)21-16(18-14)13-9-7-6-8-10-13/h6-10H,5,11H2,1-4H3,(H,19,20). The molecule has 0 atom stereocenters. The number of nitrogens with one attached hydrogen (secondary N) is 1. The van der Waals surface area contributed by atoms with Gasteiger partial charge in [0.05, 0.1) is 12.1 Å². The van der Waals surface area contributed by atoms with Gasteiger partial charge >= 0.3 is 0 Å². The Balaban J connectivity index is 2.12. The monoisotopic (exact) mass is 286 g/mol. The van der Waals surface area contributed by atoms with Crippen LogP contribution in [0.25, 0.3) is 11.5 Å². The third-order valence-electron chi connectivity index (χ3n) is 3.60. The van der Waals surface area contributed by atoms with E-state index in [1.807, 2.05) is 51.1 Å². The van der Waals surface area contributed by atoms with Crippen LogP contribution in [0.2, 0.25) is 0 Å². The quantitative estimate of drug-likeness (QED) is 0.915. The zero-order valence-corrected chi connectivity index (χ0v) is 13.1. The van der Waals surface area contributed by atoms with Crippen molar-refractivity contribution in [3.05, 3.63) is 41.8 Å². The van der Waals surface area contributed by atoms with Gasteiger partial charge in [0.2, 0.25) is 11.8 Å². The number of hydrogen-bond donors (Lipinski definition) is 1. The lowest BCUT2D eigenvalue weighted by molar-refractivity contribution is -0.122. The summed E-state index contributed by atoms with van der Waals surface area (Å²) < 4.78 is 5.67. The SMILES string of the molecule is CCC(C)(C)NC(=O)Cc1nc(-c2ccccc2)oc1C. The van der Waals surface area contributed by atoms with Crippen LogP contribution in [0.15, 0.2) is 34.7 Å².